The highest BCUT2D eigenvalue weighted by Crippen LogP contribution is 2.22. The molecule has 0 spiro atoms. The van der Waals surface area contributed by atoms with Crippen molar-refractivity contribution in [2.24, 2.45) is 0 Å². The summed E-state index contributed by atoms with van der Waals surface area (Å²) in [6, 6.07) is 0.461. The molecule has 0 amide bonds. The van der Waals surface area contributed by atoms with Crippen LogP contribution in [0.1, 0.15) is 64.3 Å². The Hall–Kier alpha value is -1.32. The molecular weight excluding hydrogens is 224 g/mol. The second kappa shape index (κ2) is 6.57. The van der Waals surface area contributed by atoms with E-state index in [1.165, 1.54) is 6.42 Å². The standard InChI is InChI=1S/C14H26N4/c1-6-8-11(7-2)16-14-10(5)12(15)17-13(18-14)9(3)4/h9,11H,6-8H2,1-5H3,(H3,15,16,17,18). The molecule has 1 heterocycles. The zero-order valence-electron chi connectivity index (χ0n) is 12.2. The van der Waals surface area contributed by atoms with Crippen molar-refractivity contribution in [2.45, 2.75) is 65.8 Å². The van der Waals surface area contributed by atoms with E-state index < -0.39 is 0 Å². The minimum Gasteiger partial charge on any atom is -0.383 e. The molecule has 0 saturated heterocycles. The minimum absolute atomic E-state index is 0.291. The fourth-order valence-electron chi connectivity index (χ4n) is 1.87. The van der Waals surface area contributed by atoms with Crippen molar-refractivity contribution in [1.82, 2.24) is 9.97 Å². The molecular formula is C14H26N4. The van der Waals surface area contributed by atoms with Gasteiger partial charge in [0.15, 0.2) is 0 Å². The van der Waals surface area contributed by atoms with Gasteiger partial charge in [-0.05, 0) is 19.8 Å². The third kappa shape index (κ3) is 3.59. The van der Waals surface area contributed by atoms with Crippen LogP contribution >= 0.6 is 0 Å². The lowest BCUT2D eigenvalue weighted by atomic mass is 10.1. The van der Waals surface area contributed by atoms with Crippen LogP contribution in [0.5, 0.6) is 0 Å². The first kappa shape index (κ1) is 14.7. The maximum atomic E-state index is 5.96. The average Bonchev–Trinajstić information content (AvgIpc) is 2.33. The summed E-state index contributed by atoms with van der Waals surface area (Å²) in [5.41, 5.74) is 6.91. The Morgan fingerprint density at radius 2 is 1.89 bits per heavy atom. The van der Waals surface area contributed by atoms with Gasteiger partial charge in [0, 0.05) is 17.5 Å². The number of nitrogens with one attached hydrogen (secondary N) is 1. The van der Waals surface area contributed by atoms with E-state index in [4.69, 9.17) is 5.73 Å². The van der Waals surface area contributed by atoms with E-state index in [0.717, 1.165) is 30.0 Å². The summed E-state index contributed by atoms with van der Waals surface area (Å²) in [6.07, 6.45) is 3.41. The number of hydrogen-bond acceptors (Lipinski definition) is 4. The van der Waals surface area contributed by atoms with E-state index in [-0.39, 0.29) is 0 Å². The van der Waals surface area contributed by atoms with Crippen LogP contribution in [-0.4, -0.2) is 16.0 Å². The van der Waals surface area contributed by atoms with Crippen molar-refractivity contribution in [3.05, 3.63) is 11.4 Å². The van der Waals surface area contributed by atoms with Crippen LogP contribution in [0.4, 0.5) is 11.6 Å². The molecule has 1 aromatic heterocycles. The zero-order chi connectivity index (χ0) is 13.7. The maximum Gasteiger partial charge on any atom is 0.135 e. The summed E-state index contributed by atoms with van der Waals surface area (Å²) in [5.74, 6) is 2.58. The van der Waals surface area contributed by atoms with E-state index in [2.05, 4.69) is 43.0 Å². The molecule has 1 unspecified atom stereocenters. The van der Waals surface area contributed by atoms with Crippen LogP contribution in [0.25, 0.3) is 0 Å². The molecule has 1 atom stereocenters. The van der Waals surface area contributed by atoms with Crippen LogP contribution in [0.2, 0.25) is 0 Å². The van der Waals surface area contributed by atoms with Gasteiger partial charge in [-0.25, -0.2) is 9.97 Å². The molecule has 0 saturated carbocycles. The van der Waals surface area contributed by atoms with Gasteiger partial charge in [0.25, 0.3) is 0 Å². The summed E-state index contributed by atoms with van der Waals surface area (Å²) >= 11 is 0. The Morgan fingerprint density at radius 1 is 1.22 bits per heavy atom. The van der Waals surface area contributed by atoms with Crippen molar-refractivity contribution >= 4 is 11.6 Å². The Balaban J connectivity index is 2.99. The Kier molecular flexibility index (Phi) is 5.38. The van der Waals surface area contributed by atoms with Gasteiger partial charge in [-0.2, -0.15) is 0 Å². The molecule has 0 bridgehead atoms. The lowest BCUT2D eigenvalue weighted by molar-refractivity contribution is 0.618. The van der Waals surface area contributed by atoms with E-state index in [0.29, 0.717) is 17.8 Å². The van der Waals surface area contributed by atoms with Gasteiger partial charge in [-0.15, -0.1) is 0 Å². The molecule has 0 fully saturated rings. The predicted octanol–water partition coefficient (Wildman–Crippen LogP) is 3.48. The van der Waals surface area contributed by atoms with Crippen LogP contribution in [-0.2, 0) is 0 Å². The molecule has 0 aliphatic heterocycles. The van der Waals surface area contributed by atoms with Crippen molar-refractivity contribution in [3.63, 3.8) is 0 Å². The molecule has 4 nitrogen and oxygen atoms in total. The van der Waals surface area contributed by atoms with E-state index in [9.17, 15) is 0 Å². The minimum atomic E-state index is 0.291. The van der Waals surface area contributed by atoms with E-state index in [1.807, 2.05) is 6.92 Å². The quantitative estimate of drug-likeness (QED) is 0.811. The molecule has 0 aromatic carbocycles. The van der Waals surface area contributed by atoms with Gasteiger partial charge in [0.1, 0.15) is 17.5 Å². The van der Waals surface area contributed by atoms with Gasteiger partial charge < -0.3 is 11.1 Å². The fourth-order valence-corrected chi connectivity index (χ4v) is 1.87. The SMILES string of the molecule is CCCC(CC)Nc1nc(C(C)C)nc(N)c1C. The number of rotatable bonds is 6. The summed E-state index contributed by atoms with van der Waals surface area (Å²) in [5, 5.41) is 3.50. The highest BCUT2D eigenvalue weighted by atomic mass is 15.1. The first-order valence-electron chi connectivity index (χ1n) is 6.90. The largest absolute Gasteiger partial charge is 0.383 e. The van der Waals surface area contributed by atoms with Crippen LogP contribution in [0, 0.1) is 6.92 Å². The summed E-state index contributed by atoms with van der Waals surface area (Å²) in [4.78, 5) is 8.94. The molecule has 18 heavy (non-hydrogen) atoms. The highest BCUT2D eigenvalue weighted by molar-refractivity contribution is 5.55. The number of hydrogen-bond donors (Lipinski definition) is 2. The van der Waals surface area contributed by atoms with E-state index in [1.54, 1.807) is 0 Å². The monoisotopic (exact) mass is 250 g/mol. The second-order valence-corrected chi connectivity index (χ2v) is 5.13. The zero-order valence-corrected chi connectivity index (χ0v) is 12.2. The van der Waals surface area contributed by atoms with Crippen molar-refractivity contribution in [3.8, 4) is 0 Å². The van der Waals surface area contributed by atoms with Crippen LogP contribution < -0.4 is 11.1 Å². The third-order valence-electron chi connectivity index (χ3n) is 3.19. The maximum absolute atomic E-state index is 5.96. The lowest BCUT2D eigenvalue weighted by Crippen LogP contribution is -2.21. The number of nitrogen functional groups attached to an aromatic ring is 1. The Bertz CT molecular complexity index is 388. The average molecular weight is 250 g/mol. The molecule has 1 aromatic rings. The first-order chi connectivity index (χ1) is 8.49. The van der Waals surface area contributed by atoms with Gasteiger partial charge >= 0.3 is 0 Å². The molecule has 0 radical (unpaired) electrons. The van der Waals surface area contributed by atoms with Gasteiger partial charge in [0.05, 0.1) is 0 Å². The normalized spacial score (nSPS) is 12.8. The predicted molar refractivity (Wildman–Crippen MR) is 77.9 cm³/mol. The third-order valence-corrected chi connectivity index (χ3v) is 3.19. The van der Waals surface area contributed by atoms with Crippen molar-refractivity contribution in [1.29, 1.82) is 0 Å². The molecule has 3 N–H and O–H groups in total. The molecule has 4 heteroatoms. The van der Waals surface area contributed by atoms with Crippen LogP contribution in [0.3, 0.4) is 0 Å². The number of nitrogens with zero attached hydrogens (tertiary/aromatic N) is 2. The van der Waals surface area contributed by atoms with Crippen LogP contribution in [0.15, 0.2) is 0 Å². The van der Waals surface area contributed by atoms with Gasteiger partial charge in [-0.1, -0.05) is 34.1 Å². The molecule has 1 rings (SSSR count). The molecule has 102 valence electrons. The Morgan fingerprint density at radius 3 is 2.39 bits per heavy atom. The van der Waals surface area contributed by atoms with Gasteiger partial charge in [-0.3, -0.25) is 0 Å². The summed E-state index contributed by atoms with van der Waals surface area (Å²) in [6.45, 7) is 10.5. The summed E-state index contributed by atoms with van der Waals surface area (Å²) in [7, 11) is 0. The first-order valence-corrected chi connectivity index (χ1v) is 6.90. The number of nitrogens with two attached hydrogens (primary N) is 1. The van der Waals surface area contributed by atoms with Crippen molar-refractivity contribution in [2.75, 3.05) is 11.1 Å². The fraction of sp³-hybridized carbons (Fsp3) is 0.714. The highest BCUT2D eigenvalue weighted by Gasteiger charge is 2.13. The topological polar surface area (TPSA) is 63.8 Å². The number of anilines is 2. The Labute approximate surface area is 110 Å². The number of aromatic nitrogens is 2. The van der Waals surface area contributed by atoms with Crippen molar-refractivity contribution < 1.29 is 0 Å². The summed E-state index contributed by atoms with van der Waals surface area (Å²) < 4.78 is 0. The molecule has 0 aliphatic rings. The molecule has 0 aliphatic carbocycles. The van der Waals surface area contributed by atoms with Gasteiger partial charge in [0.2, 0.25) is 0 Å². The van der Waals surface area contributed by atoms with E-state index >= 15 is 0 Å². The lowest BCUT2D eigenvalue weighted by Gasteiger charge is -2.20. The second-order valence-electron chi connectivity index (χ2n) is 5.13. The smallest absolute Gasteiger partial charge is 0.135 e.